The molecule has 21 heavy (non-hydrogen) atoms. The molecule has 0 bridgehead atoms. The van der Waals surface area contributed by atoms with Gasteiger partial charge in [0.05, 0.1) is 16.3 Å². The average molecular weight is 307 g/mol. The second kappa shape index (κ2) is 5.80. The van der Waals surface area contributed by atoms with Crippen LogP contribution in [0.2, 0.25) is 5.02 Å². The lowest BCUT2D eigenvalue weighted by atomic mass is 10.2. The molecule has 1 aromatic carbocycles. The van der Waals surface area contributed by atoms with Crippen LogP contribution < -0.4 is 10.9 Å². The van der Waals surface area contributed by atoms with E-state index in [1.54, 1.807) is 7.05 Å². The van der Waals surface area contributed by atoms with Crippen molar-refractivity contribution in [1.29, 1.82) is 0 Å². The Bertz CT molecular complexity index is 783. The summed E-state index contributed by atoms with van der Waals surface area (Å²) in [5, 5.41) is 11.6. The fraction of sp³-hybridized carbons (Fsp3) is 0.0714. The lowest BCUT2D eigenvalue weighted by Crippen LogP contribution is -2.20. The molecular weight excluding hydrogens is 296 g/mol. The van der Waals surface area contributed by atoms with Crippen LogP contribution in [0, 0.1) is 0 Å². The number of aromatic carboxylic acids is 1. The number of hydrogen-bond acceptors (Lipinski definition) is 3. The minimum atomic E-state index is -1.13. The number of carboxylic acid groups (broad SMARTS) is 1. The number of carbonyl (C=O) groups is 2. The van der Waals surface area contributed by atoms with Crippen molar-refractivity contribution in [3.8, 4) is 0 Å². The molecule has 108 valence electrons. The van der Waals surface area contributed by atoms with Gasteiger partial charge in [-0.05, 0) is 24.3 Å². The number of aryl methyl sites for hydroxylation is 1. The van der Waals surface area contributed by atoms with E-state index in [9.17, 15) is 14.4 Å². The molecular formula is C14H11ClN2O4. The Morgan fingerprint density at radius 1 is 1.19 bits per heavy atom. The third kappa shape index (κ3) is 3.29. The molecule has 7 heteroatoms. The van der Waals surface area contributed by atoms with Crippen molar-refractivity contribution in [3.63, 3.8) is 0 Å². The monoisotopic (exact) mass is 306 g/mol. The first-order valence-electron chi connectivity index (χ1n) is 5.89. The quantitative estimate of drug-likeness (QED) is 0.907. The van der Waals surface area contributed by atoms with Gasteiger partial charge >= 0.3 is 5.97 Å². The molecule has 0 saturated carbocycles. The fourth-order valence-electron chi connectivity index (χ4n) is 1.64. The van der Waals surface area contributed by atoms with Crippen LogP contribution in [0.15, 0.2) is 41.3 Å². The highest BCUT2D eigenvalue weighted by Crippen LogP contribution is 2.23. The maximum absolute atomic E-state index is 12.0. The summed E-state index contributed by atoms with van der Waals surface area (Å²) in [6, 6.07) is 6.63. The molecule has 0 saturated heterocycles. The zero-order valence-electron chi connectivity index (χ0n) is 11.0. The number of carboxylic acids is 1. The first-order chi connectivity index (χ1) is 9.88. The van der Waals surface area contributed by atoms with Gasteiger partial charge in [0.2, 0.25) is 0 Å². The Labute approximate surface area is 124 Å². The fourth-order valence-corrected chi connectivity index (χ4v) is 1.80. The van der Waals surface area contributed by atoms with Gasteiger partial charge in [0, 0.05) is 24.9 Å². The van der Waals surface area contributed by atoms with Crippen LogP contribution in [-0.2, 0) is 7.05 Å². The zero-order valence-corrected chi connectivity index (χ0v) is 11.7. The van der Waals surface area contributed by atoms with Crippen molar-refractivity contribution < 1.29 is 14.7 Å². The van der Waals surface area contributed by atoms with Gasteiger partial charge in [0.1, 0.15) is 0 Å². The molecule has 0 unspecified atom stereocenters. The normalized spacial score (nSPS) is 10.2. The van der Waals surface area contributed by atoms with E-state index in [1.165, 1.54) is 41.1 Å². The van der Waals surface area contributed by atoms with Gasteiger partial charge < -0.3 is 15.0 Å². The molecule has 2 N–H and O–H groups in total. The Balaban J connectivity index is 2.30. The number of nitrogens with one attached hydrogen (secondary N) is 1. The van der Waals surface area contributed by atoms with Crippen molar-refractivity contribution in [1.82, 2.24) is 4.57 Å². The highest BCUT2D eigenvalue weighted by atomic mass is 35.5. The SMILES string of the molecule is Cn1ccc(C(=O)Nc2cc(C(=O)O)ccc2Cl)cc1=O. The van der Waals surface area contributed by atoms with E-state index < -0.39 is 11.9 Å². The summed E-state index contributed by atoms with van der Waals surface area (Å²) in [6.07, 6.45) is 1.46. The minimum absolute atomic E-state index is 0.00123. The molecule has 1 aromatic heterocycles. The second-order valence-corrected chi connectivity index (χ2v) is 4.73. The molecule has 0 aliphatic carbocycles. The standard InChI is InChI=1S/C14H11ClN2O4/c1-17-5-4-8(7-12(17)18)13(19)16-11-6-9(14(20)21)2-3-10(11)15/h2-7H,1H3,(H,16,19)(H,20,21). The van der Waals surface area contributed by atoms with Gasteiger partial charge in [-0.25, -0.2) is 4.79 Å². The van der Waals surface area contributed by atoms with Gasteiger partial charge in [-0.15, -0.1) is 0 Å². The number of hydrogen-bond donors (Lipinski definition) is 2. The van der Waals surface area contributed by atoms with Gasteiger partial charge in [-0.1, -0.05) is 11.6 Å². The maximum Gasteiger partial charge on any atom is 0.335 e. The van der Waals surface area contributed by atoms with E-state index >= 15 is 0 Å². The molecule has 0 aliphatic rings. The largest absolute Gasteiger partial charge is 0.478 e. The Morgan fingerprint density at radius 2 is 1.90 bits per heavy atom. The van der Waals surface area contributed by atoms with E-state index in [2.05, 4.69) is 5.32 Å². The van der Waals surface area contributed by atoms with Gasteiger partial charge in [-0.3, -0.25) is 9.59 Å². The van der Waals surface area contributed by atoms with Crippen LogP contribution in [0.25, 0.3) is 0 Å². The highest BCUT2D eigenvalue weighted by Gasteiger charge is 2.12. The first-order valence-corrected chi connectivity index (χ1v) is 6.27. The number of aromatic nitrogens is 1. The number of halogens is 1. The van der Waals surface area contributed by atoms with Gasteiger partial charge in [-0.2, -0.15) is 0 Å². The third-order valence-electron chi connectivity index (χ3n) is 2.83. The smallest absolute Gasteiger partial charge is 0.335 e. The summed E-state index contributed by atoms with van der Waals surface area (Å²) < 4.78 is 1.33. The van der Waals surface area contributed by atoms with Crippen molar-refractivity contribution >= 4 is 29.2 Å². The molecule has 0 atom stereocenters. The van der Waals surface area contributed by atoms with Crippen LogP contribution in [0.4, 0.5) is 5.69 Å². The predicted octanol–water partition coefficient (Wildman–Crippen LogP) is 1.99. The van der Waals surface area contributed by atoms with Gasteiger partial charge in [0.25, 0.3) is 11.5 Å². The number of carbonyl (C=O) groups excluding carboxylic acids is 1. The van der Waals surface area contributed by atoms with Crippen molar-refractivity contribution in [2.24, 2.45) is 7.05 Å². The predicted molar refractivity (Wildman–Crippen MR) is 78.0 cm³/mol. The zero-order chi connectivity index (χ0) is 15.6. The lowest BCUT2D eigenvalue weighted by molar-refractivity contribution is 0.0696. The second-order valence-electron chi connectivity index (χ2n) is 4.32. The topological polar surface area (TPSA) is 88.4 Å². The molecule has 1 heterocycles. The molecule has 0 aliphatic heterocycles. The van der Waals surface area contributed by atoms with E-state index in [1.807, 2.05) is 0 Å². The van der Waals surface area contributed by atoms with E-state index in [-0.39, 0.29) is 27.4 Å². The number of amides is 1. The summed E-state index contributed by atoms with van der Waals surface area (Å²) >= 11 is 5.92. The number of rotatable bonds is 3. The lowest BCUT2D eigenvalue weighted by Gasteiger charge is -2.08. The third-order valence-corrected chi connectivity index (χ3v) is 3.16. The van der Waals surface area contributed by atoms with Crippen LogP contribution >= 0.6 is 11.6 Å². The van der Waals surface area contributed by atoms with E-state index in [0.717, 1.165) is 0 Å². The van der Waals surface area contributed by atoms with Gasteiger partial charge in [0.15, 0.2) is 0 Å². The summed E-state index contributed by atoms with van der Waals surface area (Å²) in [7, 11) is 1.57. The van der Waals surface area contributed by atoms with Crippen molar-refractivity contribution in [3.05, 3.63) is 63.0 Å². The number of nitrogens with zero attached hydrogens (tertiary/aromatic N) is 1. The molecule has 0 radical (unpaired) electrons. The molecule has 2 aromatic rings. The number of benzene rings is 1. The summed E-state index contributed by atoms with van der Waals surface area (Å²) in [5.74, 6) is -1.67. The Morgan fingerprint density at radius 3 is 2.52 bits per heavy atom. The number of anilines is 1. The molecule has 0 fully saturated rings. The maximum atomic E-state index is 12.0. The Hall–Kier alpha value is -2.60. The van der Waals surface area contributed by atoms with Crippen LogP contribution in [-0.4, -0.2) is 21.6 Å². The van der Waals surface area contributed by atoms with E-state index in [0.29, 0.717) is 0 Å². The van der Waals surface area contributed by atoms with Crippen molar-refractivity contribution in [2.75, 3.05) is 5.32 Å². The molecule has 6 nitrogen and oxygen atoms in total. The molecule has 1 amide bonds. The average Bonchev–Trinajstić information content (AvgIpc) is 2.43. The molecule has 2 rings (SSSR count). The highest BCUT2D eigenvalue weighted by molar-refractivity contribution is 6.34. The Kier molecular flexibility index (Phi) is 4.09. The van der Waals surface area contributed by atoms with Crippen LogP contribution in [0.3, 0.4) is 0 Å². The van der Waals surface area contributed by atoms with Crippen LogP contribution in [0.5, 0.6) is 0 Å². The molecule has 0 spiro atoms. The minimum Gasteiger partial charge on any atom is -0.478 e. The summed E-state index contributed by atoms with van der Waals surface area (Å²) in [5.41, 5.74) is 0.00356. The number of pyridine rings is 1. The first kappa shape index (κ1) is 14.8. The summed E-state index contributed by atoms with van der Waals surface area (Å²) in [6.45, 7) is 0. The van der Waals surface area contributed by atoms with E-state index in [4.69, 9.17) is 16.7 Å². The van der Waals surface area contributed by atoms with Crippen LogP contribution in [0.1, 0.15) is 20.7 Å². The summed E-state index contributed by atoms with van der Waals surface area (Å²) in [4.78, 5) is 34.4. The van der Waals surface area contributed by atoms with Crippen molar-refractivity contribution in [2.45, 2.75) is 0 Å².